The summed E-state index contributed by atoms with van der Waals surface area (Å²) in [6.45, 7) is 5.74. The van der Waals surface area contributed by atoms with Gasteiger partial charge in [0.15, 0.2) is 0 Å². The molecule has 0 saturated carbocycles. The number of carbonyl (C=O) groups is 1. The second-order valence-electron chi connectivity index (χ2n) is 9.01. The predicted octanol–water partition coefficient (Wildman–Crippen LogP) is 6.00. The Morgan fingerprint density at radius 2 is 1.61 bits per heavy atom. The van der Waals surface area contributed by atoms with Gasteiger partial charge in [0.25, 0.3) is 0 Å². The lowest BCUT2D eigenvalue weighted by atomic mass is 9.94. The first-order valence-electron chi connectivity index (χ1n) is 11.0. The lowest BCUT2D eigenvalue weighted by Crippen LogP contribution is -2.41. The fourth-order valence-corrected chi connectivity index (χ4v) is 3.92. The number of benzene rings is 3. The molecule has 0 aliphatic carbocycles. The third kappa shape index (κ3) is 5.40. The monoisotopic (exact) mass is 445 g/mol. The molecule has 1 aliphatic rings. The largest absolute Gasteiger partial charge is 0.443 e. The first kappa shape index (κ1) is 22.5. The highest BCUT2D eigenvalue weighted by Crippen LogP contribution is 2.40. The van der Waals surface area contributed by atoms with E-state index in [9.17, 15) is 9.18 Å². The summed E-state index contributed by atoms with van der Waals surface area (Å²) in [7, 11) is 0. The van der Waals surface area contributed by atoms with Gasteiger partial charge in [0.2, 0.25) is 5.96 Å². The van der Waals surface area contributed by atoms with Crippen LogP contribution in [0.5, 0.6) is 0 Å². The van der Waals surface area contributed by atoms with E-state index in [0.717, 1.165) is 11.1 Å². The maximum Gasteiger partial charge on any atom is 0.417 e. The van der Waals surface area contributed by atoms with E-state index in [2.05, 4.69) is 10.3 Å². The van der Waals surface area contributed by atoms with Crippen LogP contribution in [0.25, 0.3) is 0 Å². The Kier molecular flexibility index (Phi) is 6.45. The zero-order valence-corrected chi connectivity index (χ0v) is 19.0. The summed E-state index contributed by atoms with van der Waals surface area (Å²) in [6, 6.07) is 25.5. The molecular formula is C27H28FN3O2. The molecule has 33 heavy (non-hydrogen) atoms. The van der Waals surface area contributed by atoms with Crippen LogP contribution in [-0.4, -0.2) is 22.6 Å². The number of nitrogens with one attached hydrogen (secondary N) is 1. The van der Waals surface area contributed by atoms with Gasteiger partial charge in [-0.1, -0.05) is 72.8 Å². The summed E-state index contributed by atoms with van der Waals surface area (Å²) in [5.74, 6) is 0.0802. The standard InChI is InChI=1S/C27H28FN3O2/c1-27(2,3)33-26(32)31-24(21-14-8-5-9-15-21)23(20-12-6-4-7-13-20)30-25(31)29-18-19-11-10-16-22(28)17-19/h4-17,23-24H,18H2,1-3H3,(H,29,30)/t23-,24+/m0/s1. The van der Waals surface area contributed by atoms with Crippen LogP contribution in [0, 0.1) is 5.82 Å². The van der Waals surface area contributed by atoms with Crippen molar-refractivity contribution in [2.75, 3.05) is 0 Å². The molecule has 1 amide bonds. The topological polar surface area (TPSA) is 53.9 Å². The third-order valence-electron chi connectivity index (χ3n) is 5.30. The number of rotatable bonds is 4. The van der Waals surface area contributed by atoms with E-state index in [-0.39, 0.29) is 24.4 Å². The molecule has 4 rings (SSSR count). The molecule has 0 aromatic heterocycles. The highest BCUT2D eigenvalue weighted by molar-refractivity contribution is 5.97. The molecule has 0 unspecified atom stereocenters. The van der Waals surface area contributed by atoms with Gasteiger partial charge in [0.05, 0.1) is 18.6 Å². The molecule has 5 nitrogen and oxygen atoms in total. The van der Waals surface area contributed by atoms with Crippen molar-refractivity contribution >= 4 is 12.1 Å². The molecule has 1 fully saturated rings. The van der Waals surface area contributed by atoms with Crippen molar-refractivity contribution in [3.05, 3.63) is 107 Å². The predicted molar refractivity (Wildman–Crippen MR) is 127 cm³/mol. The second-order valence-corrected chi connectivity index (χ2v) is 9.01. The van der Waals surface area contributed by atoms with Crippen LogP contribution in [0.2, 0.25) is 0 Å². The van der Waals surface area contributed by atoms with Crippen LogP contribution < -0.4 is 5.32 Å². The van der Waals surface area contributed by atoms with Gasteiger partial charge in [0, 0.05) is 0 Å². The van der Waals surface area contributed by atoms with Crippen LogP contribution >= 0.6 is 0 Å². The van der Waals surface area contributed by atoms with E-state index < -0.39 is 11.7 Å². The van der Waals surface area contributed by atoms with Gasteiger partial charge in [-0.3, -0.25) is 0 Å². The van der Waals surface area contributed by atoms with Gasteiger partial charge in [-0.15, -0.1) is 0 Å². The minimum absolute atomic E-state index is 0.225. The van der Waals surface area contributed by atoms with Crippen molar-refractivity contribution in [1.29, 1.82) is 0 Å². The van der Waals surface area contributed by atoms with Crippen molar-refractivity contribution in [2.45, 2.75) is 45.0 Å². The number of halogens is 1. The zero-order valence-electron chi connectivity index (χ0n) is 19.0. The number of amides is 1. The Balaban J connectivity index is 1.78. The van der Waals surface area contributed by atoms with Crippen LogP contribution in [0.1, 0.15) is 49.5 Å². The van der Waals surface area contributed by atoms with Crippen molar-refractivity contribution in [3.8, 4) is 0 Å². The molecule has 3 aromatic carbocycles. The molecule has 0 spiro atoms. The number of nitrogens with zero attached hydrogens (tertiary/aromatic N) is 2. The van der Waals surface area contributed by atoms with Crippen LogP contribution in [0.3, 0.4) is 0 Å². The number of hydrogen-bond donors (Lipinski definition) is 1. The van der Waals surface area contributed by atoms with E-state index in [0.29, 0.717) is 11.5 Å². The highest BCUT2D eigenvalue weighted by atomic mass is 19.1. The minimum Gasteiger partial charge on any atom is -0.443 e. The Bertz CT molecular complexity index is 1130. The Labute approximate surface area is 193 Å². The summed E-state index contributed by atoms with van der Waals surface area (Å²) in [4.78, 5) is 19.7. The highest BCUT2D eigenvalue weighted by Gasteiger charge is 2.45. The van der Waals surface area contributed by atoms with Gasteiger partial charge in [-0.2, -0.15) is 0 Å². The van der Waals surface area contributed by atoms with E-state index >= 15 is 0 Å². The van der Waals surface area contributed by atoms with Gasteiger partial charge in [-0.05, 0) is 49.6 Å². The maximum atomic E-state index is 13.7. The van der Waals surface area contributed by atoms with Crippen molar-refractivity contribution in [2.24, 2.45) is 4.99 Å². The van der Waals surface area contributed by atoms with Gasteiger partial charge in [0.1, 0.15) is 11.4 Å². The molecule has 6 heteroatoms. The van der Waals surface area contributed by atoms with E-state index in [1.165, 1.54) is 12.1 Å². The van der Waals surface area contributed by atoms with Gasteiger partial charge in [-0.25, -0.2) is 19.1 Å². The molecule has 0 radical (unpaired) electrons. The summed E-state index contributed by atoms with van der Waals surface area (Å²) < 4.78 is 19.4. The first-order valence-corrected chi connectivity index (χ1v) is 11.0. The molecule has 1 saturated heterocycles. The number of carbonyl (C=O) groups excluding carboxylic acids is 1. The molecular weight excluding hydrogens is 417 g/mol. The smallest absolute Gasteiger partial charge is 0.417 e. The summed E-state index contributed by atoms with van der Waals surface area (Å²) in [5, 5.41) is 3.44. The van der Waals surface area contributed by atoms with Crippen LogP contribution in [0.15, 0.2) is 89.9 Å². The van der Waals surface area contributed by atoms with Crippen molar-refractivity contribution < 1.29 is 13.9 Å². The fraction of sp³-hybridized carbons (Fsp3) is 0.259. The summed E-state index contributed by atoms with van der Waals surface area (Å²) >= 11 is 0. The molecule has 2 atom stereocenters. The van der Waals surface area contributed by atoms with E-state index in [1.807, 2.05) is 87.5 Å². The zero-order chi connectivity index (χ0) is 23.4. The lowest BCUT2D eigenvalue weighted by Gasteiger charge is -2.29. The molecule has 3 aromatic rings. The fourth-order valence-electron chi connectivity index (χ4n) is 3.92. The van der Waals surface area contributed by atoms with Gasteiger partial charge < -0.3 is 10.1 Å². The normalized spacial score (nSPS) is 19.4. The maximum absolute atomic E-state index is 13.7. The summed E-state index contributed by atoms with van der Waals surface area (Å²) in [5.41, 5.74) is 2.03. The van der Waals surface area contributed by atoms with E-state index in [4.69, 9.17) is 4.74 Å². The second kappa shape index (κ2) is 9.45. The number of ether oxygens (including phenoxy) is 1. The Morgan fingerprint density at radius 1 is 0.970 bits per heavy atom. The summed E-state index contributed by atoms with van der Waals surface area (Å²) in [6.07, 6.45) is -0.486. The van der Waals surface area contributed by atoms with Gasteiger partial charge >= 0.3 is 6.09 Å². The molecule has 170 valence electrons. The molecule has 0 bridgehead atoms. The van der Waals surface area contributed by atoms with E-state index in [1.54, 1.807) is 11.0 Å². The molecule has 1 heterocycles. The van der Waals surface area contributed by atoms with Crippen LogP contribution in [0.4, 0.5) is 9.18 Å². The third-order valence-corrected chi connectivity index (χ3v) is 5.30. The minimum atomic E-state index is -0.670. The average Bonchev–Trinajstić information content (AvgIpc) is 3.18. The quantitative estimate of drug-likeness (QED) is 0.535. The molecule has 1 aliphatic heterocycles. The number of guanidine groups is 1. The Hall–Kier alpha value is -3.67. The SMILES string of the molecule is CC(C)(C)OC(=O)N1C(=NCc2cccc(F)c2)N[C@@H](c2ccccc2)[C@H]1c1ccccc1. The van der Waals surface area contributed by atoms with Crippen LogP contribution in [-0.2, 0) is 11.3 Å². The molecule has 1 N–H and O–H groups in total. The van der Waals surface area contributed by atoms with Crippen molar-refractivity contribution in [3.63, 3.8) is 0 Å². The lowest BCUT2D eigenvalue weighted by molar-refractivity contribution is 0.0320. The average molecular weight is 446 g/mol. The Morgan fingerprint density at radius 3 is 2.21 bits per heavy atom. The number of aliphatic imine (C=N–C) groups is 1. The first-order chi connectivity index (χ1) is 15.8. The number of hydrogen-bond acceptors (Lipinski definition) is 3. The van der Waals surface area contributed by atoms with Crippen molar-refractivity contribution in [1.82, 2.24) is 10.2 Å².